The second kappa shape index (κ2) is 6.03. The van der Waals surface area contributed by atoms with Crippen LogP contribution in [0.4, 0.5) is 5.82 Å². The van der Waals surface area contributed by atoms with Crippen LogP contribution in [0.25, 0.3) is 11.2 Å². The molecule has 1 unspecified atom stereocenters. The van der Waals surface area contributed by atoms with E-state index in [-0.39, 0.29) is 12.4 Å². The lowest BCUT2D eigenvalue weighted by molar-refractivity contribution is -0.0485. The van der Waals surface area contributed by atoms with E-state index in [1.807, 2.05) is 17.9 Å². The number of aliphatic hydroxyl groups excluding tert-OH is 2. The molecule has 4 heterocycles. The molecule has 0 radical (unpaired) electrons. The number of imidazole rings is 1. The number of nitrogens with two attached hydrogens (primary N) is 1. The summed E-state index contributed by atoms with van der Waals surface area (Å²) < 4.78 is 13.4. The van der Waals surface area contributed by atoms with Crippen LogP contribution >= 0.6 is 8.19 Å². The lowest BCUT2D eigenvalue weighted by Crippen LogP contribution is -2.37. The highest BCUT2D eigenvalue weighted by Crippen LogP contribution is 2.36. The molecule has 10 heteroatoms. The Bertz CT molecular complexity index is 839. The van der Waals surface area contributed by atoms with Crippen LogP contribution in [0.1, 0.15) is 6.23 Å². The third-order valence-electron chi connectivity index (χ3n) is 3.99. The van der Waals surface area contributed by atoms with E-state index in [4.69, 9.17) is 15.2 Å². The number of fused-ring (bicyclic) bond motifs is 1. The van der Waals surface area contributed by atoms with Gasteiger partial charge in [-0.1, -0.05) is 14.3 Å². The molecule has 4 rings (SSSR count). The van der Waals surface area contributed by atoms with E-state index in [0.29, 0.717) is 19.4 Å². The summed E-state index contributed by atoms with van der Waals surface area (Å²) in [6, 6.07) is 3.75. The largest absolute Gasteiger partial charge is 0.479 e. The molecule has 0 aromatic carbocycles. The van der Waals surface area contributed by atoms with Crippen molar-refractivity contribution in [1.29, 1.82) is 0 Å². The number of nitrogens with zero attached hydrogens (tertiary/aromatic N) is 4. The summed E-state index contributed by atoms with van der Waals surface area (Å²) in [5.41, 5.74) is 7.49. The van der Waals surface area contributed by atoms with Gasteiger partial charge in [-0.2, -0.15) is 0 Å². The van der Waals surface area contributed by atoms with Gasteiger partial charge in [0.05, 0.1) is 12.9 Å². The third kappa shape index (κ3) is 2.42. The van der Waals surface area contributed by atoms with Gasteiger partial charge in [-0.15, -0.1) is 0 Å². The average molecular weight is 349 g/mol. The summed E-state index contributed by atoms with van der Waals surface area (Å²) in [5, 5.41) is 19.9. The molecule has 3 aromatic heterocycles. The number of ether oxygens (including phenoxy) is 2. The molecule has 4 N–H and O–H groups in total. The monoisotopic (exact) mass is 349 g/mol. The van der Waals surface area contributed by atoms with E-state index in [1.54, 1.807) is 4.57 Å². The molecule has 1 aliphatic heterocycles. The highest BCUT2D eigenvalue weighted by atomic mass is 31.0. The first-order valence-electron chi connectivity index (χ1n) is 7.36. The molecular weight excluding hydrogens is 333 g/mol. The van der Waals surface area contributed by atoms with E-state index < -0.39 is 24.5 Å². The first kappa shape index (κ1) is 15.3. The maximum Gasteiger partial charge on any atom is 0.176 e. The van der Waals surface area contributed by atoms with Crippen LogP contribution in [0, 0.1) is 0 Å². The van der Waals surface area contributed by atoms with Crippen LogP contribution in [-0.4, -0.2) is 54.7 Å². The van der Waals surface area contributed by atoms with Crippen molar-refractivity contribution in [3.63, 3.8) is 0 Å². The van der Waals surface area contributed by atoms with Crippen LogP contribution < -0.4 is 10.5 Å². The SMILES string of the molecule is Nc1ncnc2c1ncn2[C@@H]1O[C@H](CO)[C@H](O)[C@H]1Oc1ccc[pH]1. The molecule has 5 atom stereocenters. The van der Waals surface area contributed by atoms with Crippen LogP contribution in [0.5, 0.6) is 5.48 Å². The number of hydrogen-bond donors (Lipinski definition) is 3. The third-order valence-corrected chi connectivity index (χ3v) is 4.91. The predicted molar refractivity (Wildman–Crippen MR) is 87.1 cm³/mol. The molecule has 3 aromatic rings. The maximum absolute atomic E-state index is 10.5. The Morgan fingerprint density at radius 1 is 1.38 bits per heavy atom. The van der Waals surface area contributed by atoms with Gasteiger partial charge >= 0.3 is 0 Å². The zero-order valence-corrected chi connectivity index (χ0v) is 13.5. The van der Waals surface area contributed by atoms with Gasteiger partial charge in [-0.3, -0.25) is 4.57 Å². The Kier molecular flexibility index (Phi) is 3.85. The first-order valence-corrected chi connectivity index (χ1v) is 8.44. The molecule has 0 spiro atoms. The number of aliphatic hydroxyl groups is 2. The van der Waals surface area contributed by atoms with Gasteiger partial charge in [0.2, 0.25) is 0 Å². The summed E-state index contributed by atoms with van der Waals surface area (Å²) in [6.45, 7) is -0.319. The fraction of sp³-hybridized carbons (Fsp3) is 0.357. The molecule has 1 fully saturated rings. The van der Waals surface area contributed by atoms with Gasteiger partial charge in [0.15, 0.2) is 23.8 Å². The molecule has 0 aliphatic carbocycles. The molecule has 1 aliphatic rings. The van der Waals surface area contributed by atoms with Gasteiger partial charge < -0.3 is 25.4 Å². The van der Waals surface area contributed by atoms with Crippen molar-refractivity contribution in [3.05, 3.63) is 30.6 Å². The Balaban J connectivity index is 1.74. The fourth-order valence-electron chi connectivity index (χ4n) is 2.81. The molecule has 0 amide bonds. The van der Waals surface area contributed by atoms with Crippen molar-refractivity contribution in [3.8, 4) is 5.48 Å². The van der Waals surface area contributed by atoms with Crippen LogP contribution in [0.3, 0.4) is 0 Å². The zero-order valence-electron chi connectivity index (χ0n) is 12.5. The zero-order chi connectivity index (χ0) is 16.7. The van der Waals surface area contributed by atoms with E-state index in [9.17, 15) is 10.2 Å². The maximum atomic E-state index is 10.5. The van der Waals surface area contributed by atoms with Gasteiger partial charge in [-0.25, -0.2) is 15.0 Å². The van der Waals surface area contributed by atoms with Crippen molar-refractivity contribution in [2.24, 2.45) is 0 Å². The van der Waals surface area contributed by atoms with Gasteiger partial charge in [0, 0.05) is 0 Å². The van der Waals surface area contributed by atoms with Crippen LogP contribution in [0.2, 0.25) is 0 Å². The molecule has 24 heavy (non-hydrogen) atoms. The molecule has 0 bridgehead atoms. The highest BCUT2D eigenvalue weighted by Gasteiger charge is 2.46. The lowest BCUT2D eigenvalue weighted by atomic mass is 10.1. The molecule has 1 saturated heterocycles. The minimum absolute atomic E-state index is 0.262. The van der Waals surface area contributed by atoms with Crippen molar-refractivity contribution in [2.75, 3.05) is 12.3 Å². The average Bonchev–Trinajstić information content (AvgIpc) is 3.29. The standard InChI is InChI=1S/C14H16N5O4P/c15-12-9-13(17-5-16-12)19(6-18-9)14-11(10(21)7(4-20)22-14)23-8-2-1-3-24-8/h1-3,5-7,10-11,14,20-21,24H,4H2,(H2,15,16,17)/t7-,10+,11-,14-/m1/s1. The van der Waals surface area contributed by atoms with Crippen molar-refractivity contribution >= 4 is 25.2 Å². The second-order valence-corrected chi connectivity index (χ2v) is 6.55. The van der Waals surface area contributed by atoms with E-state index in [2.05, 4.69) is 15.0 Å². The molecule has 0 saturated carbocycles. The number of hydrogen-bond acceptors (Lipinski definition) is 8. The topological polar surface area (TPSA) is 129 Å². The second-order valence-electron chi connectivity index (χ2n) is 5.44. The Hall–Kier alpha value is -2.19. The van der Waals surface area contributed by atoms with E-state index in [1.165, 1.54) is 12.7 Å². The normalized spacial score (nSPS) is 27.2. The van der Waals surface area contributed by atoms with Crippen LogP contribution in [-0.2, 0) is 4.74 Å². The van der Waals surface area contributed by atoms with Gasteiger partial charge in [-0.05, 0) is 11.9 Å². The van der Waals surface area contributed by atoms with Gasteiger partial charge in [0.1, 0.15) is 29.5 Å². The summed E-state index contributed by atoms with van der Waals surface area (Å²) in [7, 11) is 0.402. The smallest absolute Gasteiger partial charge is 0.176 e. The quantitative estimate of drug-likeness (QED) is 0.607. The predicted octanol–water partition coefficient (Wildman–Crippen LogP) is 0.138. The number of aromatic nitrogens is 4. The number of rotatable bonds is 4. The van der Waals surface area contributed by atoms with E-state index in [0.717, 1.165) is 5.48 Å². The summed E-state index contributed by atoms with van der Waals surface area (Å²) >= 11 is 0. The molecular formula is C14H16N5O4P. The van der Waals surface area contributed by atoms with E-state index >= 15 is 0 Å². The lowest BCUT2D eigenvalue weighted by Gasteiger charge is -2.22. The highest BCUT2D eigenvalue weighted by molar-refractivity contribution is 7.31. The van der Waals surface area contributed by atoms with Crippen molar-refractivity contribution < 1.29 is 19.7 Å². The minimum atomic E-state index is -0.983. The molecule has 9 nitrogen and oxygen atoms in total. The fourth-order valence-corrected chi connectivity index (χ4v) is 3.56. The number of anilines is 1. The van der Waals surface area contributed by atoms with Crippen molar-refractivity contribution in [1.82, 2.24) is 19.5 Å². The number of nitrogen functional groups attached to an aromatic ring is 1. The Labute approximate surface area is 138 Å². The van der Waals surface area contributed by atoms with Crippen LogP contribution in [0.15, 0.2) is 30.6 Å². The van der Waals surface area contributed by atoms with Gasteiger partial charge in [0.25, 0.3) is 0 Å². The first-order chi connectivity index (χ1) is 11.7. The van der Waals surface area contributed by atoms with Crippen molar-refractivity contribution in [2.45, 2.75) is 24.5 Å². The Morgan fingerprint density at radius 3 is 3.00 bits per heavy atom. The molecule has 126 valence electrons. The summed E-state index contributed by atoms with van der Waals surface area (Å²) in [4.78, 5) is 12.3. The Morgan fingerprint density at radius 2 is 2.25 bits per heavy atom. The minimum Gasteiger partial charge on any atom is -0.479 e. The summed E-state index contributed by atoms with van der Waals surface area (Å²) in [6.07, 6.45) is -0.270. The summed E-state index contributed by atoms with van der Waals surface area (Å²) in [5.74, 6) is 2.24.